The van der Waals surface area contributed by atoms with E-state index >= 15 is 0 Å². The molecule has 4 heteroatoms. The van der Waals surface area contributed by atoms with Crippen molar-refractivity contribution in [3.8, 4) is 11.3 Å². The summed E-state index contributed by atoms with van der Waals surface area (Å²) in [6.45, 7) is 6.41. The maximum absolute atomic E-state index is 5.97. The van der Waals surface area contributed by atoms with Crippen LogP contribution in [-0.4, -0.2) is 14.8 Å². The fourth-order valence-electron chi connectivity index (χ4n) is 1.86. The first-order valence-corrected chi connectivity index (χ1v) is 5.64. The Labute approximate surface area is 101 Å². The van der Waals surface area contributed by atoms with Crippen molar-refractivity contribution < 1.29 is 0 Å². The molecule has 0 saturated carbocycles. The molecule has 0 unspecified atom stereocenters. The summed E-state index contributed by atoms with van der Waals surface area (Å²) in [6, 6.07) is 3.70. The molecule has 0 spiro atoms. The highest BCUT2D eigenvalue weighted by atomic mass is 15.3. The van der Waals surface area contributed by atoms with Gasteiger partial charge in [0.05, 0.1) is 17.1 Å². The number of aromatic nitrogens is 3. The molecule has 0 aliphatic heterocycles. The monoisotopic (exact) mass is 230 g/mol. The quantitative estimate of drug-likeness (QED) is 0.818. The van der Waals surface area contributed by atoms with E-state index in [2.05, 4.69) is 30.9 Å². The van der Waals surface area contributed by atoms with Gasteiger partial charge >= 0.3 is 0 Å². The molecule has 0 amide bonds. The van der Waals surface area contributed by atoms with Crippen molar-refractivity contribution in [3.63, 3.8) is 0 Å². The van der Waals surface area contributed by atoms with Crippen LogP contribution in [-0.2, 0) is 12.5 Å². The second-order valence-corrected chi connectivity index (χ2v) is 5.26. The normalized spacial score (nSPS) is 11.8. The number of hydrogen-bond acceptors (Lipinski definition) is 3. The average Bonchev–Trinajstić information content (AvgIpc) is 2.60. The molecule has 0 saturated heterocycles. The topological polar surface area (TPSA) is 56.7 Å². The summed E-state index contributed by atoms with van der Waals surface area (Å²) in [4.78, 5) is 4.36. The predicted molar refractivity (Wildman–Crippen MR) is 69.6 cm³/mol. The van der Waals surface area contributed by atoms with E-state index in [9.17, 15) is 0 Å². The lowest BCUT2D eigenvalue weighted by Gasteiger charge is -2.17. The third kappa shape index (κ3) is 2.16. The molecular weight excluding hydrogens is 212 g/mol. The van der Waals surface area contributed by atoms with Gasteiger partial charge in [-0.05, 0) is 12.1 Å². The van der Waals surface area contributed by atoms with Crippen LogP contribution in [0.5, 0.6) is 0 Å². The highest BCUT2D eigenvalue weighted by molar-refractivity contribution is 5.74. The number of nitrogens with zero attached hydrogens (tertiary/aromatic N) is 3. The van der Waals surface area contributed by atoms with Gasteiger partial charge in [0.1, 0.15) is 0 Å². The van der Waals surface area contributed by atoms with Crippen LogP contribution >= 0.6 is 0 Å². The molecule has 2 heterocycles. The zero-order chi connectivity index (χ0) is 12.6. The molecule has 4 nitrogen and oxygen atoms in total. The summed E-state index contributed by atoms with van der Waals surface area (Å²) in [5, 5.41) is 4.52. The molecule has 0 aromatic carbocycles. The van der Waals surface area contributed by atoms with Crippen molar-refractivity contribution in [2.75, 3.05) is 5.73 Å². The summed E-state index contributed by atoms with van der Waals surface area (Å²) in [5.74, 6) is 0. The maximum Gasteiger partial charge on any atom is 0.0965 e. The summed E-state index contributed by atoms with van der Waals surface area (Å²) in [7, 11) is 1.91. The lowest BCUT2D eigenvalue weighted by atomic mass is 9.88. The minimum absolute atomic E-state index is 0.0272. The van der Waals surface area contributed by atoms with Crippen molar-refractivity contribution in [2.45, 2.75) is 26.2 Å². The number of aryl methyl sites for hydroxylation is 1. The molecule has 0 atom stereocenters. The number of pyridine rings is 1. The fraction of sp³-hybridized carbons (Fsp3) is 0.385. The number of nitrogens with two attached hydrogens (primary N) is 1. The van der Waals surface area contributed by atoms with Gasteiger partial charge in [0, 0.05) is 30.4 Å². The van der Waals surface area contributed by atoms with Crippen LogP contribution in [0.15, 0.2) is 24.5 Å². The van der Waals surface area contributed by atoms with Crippen molar-refractivity contribution in [1.82, 2.24) is 14.8 Å². The van der Waals surface area contributed by atoms with Crippen LogP contribution in [0, 0.1) is 0 Å². The maximum atomic E-state index is 5.97. The van der Waals surface area contributed by atoms with Gasteiger partial charge in [-0.25, -0.2) is 0 Å². The summed E-state index contributed by atoms with van der Waals surface area (Å²) >= 11 is 0. The Hall–Kier alpha value is -1.84. The molecule has 2 N–H and O–H groups in total. The number of nitrogen functional groups attached to an aromatic ring is 1. The molecule has 0 radical (unpaired) electrons. The average molecular weight is 230 g/mol. The van der Waals surface area contributed by atoms with Crippen LogP contribution in [0.2, 0.25) is 0 Å². The van der Waals surface area contributed by atoms with Crippen LogP contribution in [0.25, 0.3) is 11.3 Å². The Bertz CT molecular complexity index is 535. The van der Waals surface area contributed by atoms with Crippen molar-refractivity contribution in [3.05, 3.63) is 30.2 Å². The van der Waals surface area contributed by atoms with Gasteiger partial charge < -0.3 is 5.73 Å². The van der Waals surface area contributed by atoms with Crippen LogP contribution in [0.3, 0.4) is 0 Å². The molecule has 2 aromatic rings. The molecule has 2 rings (SSSR count). The van der Waals surface area contributed by atoms with Gasteiger partial charge in [-0.2, -0.15) is 5.10 Å². The van der Waals surface area contributed by atoms with E-state index in [1.165, 1.54) is 0 Å². The Balaban J connectivity index is 2.64. The van der Waals surface area contributed by atoms with Crippen LogP contribution in [0.4, 0.5) is 5.69 Å². The molecule has 2 aromatic heterocycles. The Morgan fingerprint density at radius 3 is 2.59 bits per heavy atom. The molecule has 0 aliphatic rings. The lowest BCUT2D eigenvalue weighted by Crippen LogP contribution is -2.14. The van der Waals surface area contributed by atoms with Gasteiger partial charge in [0.2, 0.25) is 0 Å². The molecule has 0 aliphatic carbocycles. The number of rotatable bonds is 1. The van der Waals surface area contributed by atoms with Gasteiger partial charge in [-0.3, -0.25) is 9.67 Å². The van der Waals surface area contributed by atoms with Gasteiger partial charge in [0.15, 0.2) is 0 Å². The fourth-order valence-corrected chi connectivity index (χ4v) is 1.86. The zero-order valence-electron chi connectivity index (χ0n) is 10.7. The van der Waals surface area contributed by atoms with Crippen LogP contribution < -0.4 is 5.73 Å². The van der Waals surface area contributed by atoms with Crippen molar-refractivity contribution in [1.29, 1.82) is 0 Å². The van der Waals surface area contributed by atoms with Crippen molar-refractivity contribution in [2.24, 2.45) is 7.05 Å². The van der Waals surface area contributed by atoms with E-state index in [0.29, 0.717) is 5.69 Å². The predicted octanol–water partition coefficient (Wildman–Crippen LogP) is 2.36. The summed E-state index contributed by atoms with van der Waals surface area (Å²) in [6.07, 6.45) is 3.73. The lowest BCUT2D eigenvalue weighted by molar-refractivity contribution is 0.554. The van der Waals surface area contributed by atoms with Gasteiger partial charge in [0.25, 0.3) is 0 Å². The van der Waals surface area contributed by atoms with E-state index in [0.717, 1.165) is 17.0 Å². The third-order valence-electron chi connectivity index (χ3n) is 2.63. The third-order valence-corrected chi connectivity index (χ3v) is 2.63. The van der Waals surface area contributed by atoms with Crippen molar-refractivity contribution >= 4 is 5.69 Å². The summed E-state index contributed by atoms with van der Waals surface area (Å²) < 4.78 is 1.81. The second-order valence-electron chi connectivity index (χ2n) is 5.26. The molecule has 0 bridgehead atoms. The molecule has 90 valence electrons. The number of anilines is 1. The molecule has 0 fully saturated rings. The standard InChI is InChI=1S/C13H18N4/c1-13(2,3)12-9(8-17(4)16-12)11-10(14)6-5-7-15-11/h5-8H,14H2,1-4H3. The largest absolute Gasteiger partial charge is 0.397 e. The minimum Gasteiger partial charge on any atom is -0.397 e. The molecule has 17 heavy (non-hydrogen) atoms. The van der Waals surface area contributed by atoms with E-state index in [-0.39, 0.29) is 5.41 Å². The summed E-state index contributed by atoms with van der Waals surface area (Å²) in [5.41, 5.74) is 9.48. The number of hydrogen-bond donors (Lipinski definition) is 1. The Morgan fingerprint density at radius 2 is 2.00 bits per heavy atom. The highest BCUT2D eigenvalue weighted by Gasteiger charge is 2.24. The Kier molecular flexibility index (Phi) is 2.65. The smallest absolute Gasteiger partial charge is 0.0965 e. The van der Waals surface area contributed by atoms with E-state index in [4.69, 9.17) is 5.73 Å². The molecular formula is C13H18N4. The van der Waals surface area contributed by atoms with Gasteiger partial charge in [-0.1, -0.05) is 20.8 Å². The minimum atomic E-state index is -0.0272. The van der Waals surface area contributed by atoms with Gasteiger partial charge in [-0.15, -0.1) is 0 Å². The van der Waals surface area contributed by atoms with E-state index in [1.54, 1.807) is 6.20 Å². The Morgan fingerprint density at radius 1 is 1.29 bits per heavy atom. The first-order chi connectivity index (χ1) is 7.89. The highest BCUT2D eigenvalue weighted by Crippen LogP contribution is 2.32. The van der Waals surface area contributed by atoms with Crippen LogP contribution in [0.1, 0.15) is 26.5 Å². The first-order valence-electron chi connectivity index (χ1n) is 5.64. The zero-order valence-corrected chi connectivity index (χ0v) is 10.7. The first kappa shape index (κ1) is 11.6. The SMILES string of the molecule is Cn1cc(-c2ncccc2N)c(C(C)(C)C)n1. The second kappa shape index (κ2) is 3.87. The van der Waals surface area contributed by atoms with E-state index in [1.807, 2.05) is 30.1 Å². The van der Waals surface area contributed by atoms with E-state index < -0.39 is 0 Å².